The predicted octanol–water partition coefficient (Wildman–Crippen LogP) is 1.33. The Hall–Kier alpha value is -2.31. The summed E-state index contributed by atoms with van der Waals surface area (Å²) in [4.78, 5) is 26.9. The quantitative estimate of drug-likeness (QED) is 0.853. The molecule has 0 saturated heterocycles. The molecule has 1 aromatic rings. The molecular formula is C14H21N3O4. The molecule has 3 N–H and O–H groups in total. The molecule has 0 fully saturated rings. The first-order valence-corrected chi connectivity index (χ1v) is 6.47. The number of hydrogen-bond acceptors (Lipinski definition) is 5. The second-order valence-electron chi connectivity index (χ2n) is 5.60. The molecule has 0 radical (unpaired) electrons. The van der Waals surface area contributed by atoms with Crippen LogP contribution in [0, 0.1) is 5.41 Å². The van der Waals surface area contributed by atoms with Crippen LogP contribution in [0.4, 0.5) is 4.79 Å². The number of amides is 2. The third-order valence-corrected chi connectivity index (χ3v) is 2.94. The summed E-state index contributed by atoms with van der Waals surface area (Å²) in [5.41, 5.74) is 4.87. The van der Waals surface area contributed by atoms with E-state index in [0.29, 0.717) is 5.75 Å². The molecule has 1 unspecified atom stereocenters. The van der Waals surface area contributed by atoms with Gasteiger partial charge in [0.05, 0.1) is 13.2 Å². The van der Waals surface area contributed by atoms with Gasteiger partial charge in [-0.15, -0.1) is 0 Å². The van der Waals surface area contributed by atoms with Gasteiger partial charge < -0.3 is 20.5 Å². The third kappa shape index (κ3) is 5.29. The van der Waals surface area contributed by atoms with Crippen LogP contribution in [0.5, 0.6) is 5.75 Å². The molecule has 2 amide bonds. The van der Waals surface area contributed by atoms with E-state index in [2.05, 4.69) is 10.3 Å². The summed E-state index contributed by atoms with van der Waals surface area (Å²) in [6.07, 6.45) is 0.609. The second-order valence-corrected chi connectivity index (χ2v) is 5.60. The maximum atomic E-state index is 12.2. The average Bonchev–Trinajstić information content (AvgIpc) is 2.41. The molecule has 1 aromatic heterocycles. The molecule has 7 nitrogen and oxygen atoms in total. The highest BCUT2D eigenvalue weighted by molar-refractivity contribution is 5.92. The summed E-state index contributed by atoms with van der Waals surface area (Å²) >= 11 is 0. The van der Waals surface area contributed by atoms with Crippen molar-refractivity contribution < 1.29 is 19.1 Å². The molecule has 1 heterocycles. The molecule has 116 valence electrons. The minimum Gasteiger partial charge on any atom is -0.497 e. The monoisotopic (exact) mass is 295 g/mol. The SMILES string of the molecule is COc1ccnc(C(=O)NC(COC(N)=O)C(C)(C)C)c1. The number of ether oxygens (including phenoxy) is 2. The van der Waals surface area contributed by atoms with Crippen molar-refractivity contribution in [3.63, 3.8) is 0 Å². The lowest BCUT2D eigenvalue weighted by Gasteiger charge is -2.30. The summed E-state index contributed by atoms with van der Waals surface area (Å²) in [6, 6.07) is 2.78. The van der Waals surface area contributed by atoms with Crippen LogP contribution >= 0.6 is 0 Å². The van der Waals surface area contributed by atoms with E-state index >= 15 is 0 Å². The van der Waals surface area contributed by atoms with Gasteiger partial charge in [-0.2, -0.15) is 0 Å². The molecule has 0 spiro atoms. The zero-order valence-corrected chi connectivity index (χ0v) is 12.7. The Morgan fingerprint density at radius 1 is 1.43 bits per heavy atom. The van der Waals surface area contributed by atoms with E-state index in [1.807, 2.05) is 20.8 Å². The van der Waals surface area contributed by atoms with Crippen LogP contribution in [0.2, 0.25) is 0 Å². The number of carbonyl (C=O) groups excluding carboxylic acids is 2. The van der Waals surface area contributed by atoms with Crippen molar-refractivity contribution in [3.8, 4) is 5.75 Å². The van der Waals surface area contributed by atoms with Crippen molar-refractivity contribution in [3.05, 3.63) is 24.0 Å². The van der Waals surface area contributed by atoms with E-state index in [1.165, 1.54) is 19.4 Å². The Labute approximate surface area is 123 Å². The van der Waals surface area contributed by atoms with Crippen LogP contribution < -0.4 is 15.8 Å². The van der Waals surface area contributed by atoms with Crippen molar-refractivity contribution in [1.82, 2.24) is 10.3 Å². The third-order valence-electron chi connectivity index (χ3n) is 2.94. The van der Waals surface area contributed by atoms with Gasteiger partial charge in [-0.25, -0.2) is 4.79 Å². The molecule has 21 heavy (non-hydrogen) atoms. The van der Waals surface area contributed by atoms with E-state index < -0.39 is 12.1 Å². The van der Waals surface area contributed by atoms with Gasteiger partial charge in [-0.05, 0) is 11.5 Å². The highest BCUT2D eigenvalue weighted by Gasteiger charge is 2.28. The molecule has 0 aliphatic heterocycles. The highest BCUT2D eigenvalue weighted by atomic mass is 16.5. The van der Waals surface area contributed by atoms with E-state index in [9.17, 15) is 9.59 Å². The van der Waals surface area contributed by atoms with E-state index in [4.69, 9.17) is 15.2 Å². The Morgan fingerprint density at radius 2 is 2.10 bits per heavy atom. The van der Waals surface area contributed by atoms with Gasteiger partial charge in [-0.1, -0.05) is 20.8 Å². The smallest absolute Gasteiger partial charge is 0.404 e. The van der Waals surface area contributed by atoms with Crippen LogP contribution in [-0.4, -0.2) is 36.7 Å². The van der Waals surface area contributed by atoms with Gasteiger partial charge in [0.2, 0.25) is 0 Å². The first-order valence-electron chi connectivity index (χ1n) is 6.47. The first kappa shape index (κ1) is 16.7. The number of nitrogens with one attached hydrogen (secondary N) is 1. The maximum Gasteiger partial charge on any atom is 0.404 e. The van der Waals surface area contributed by atoms with E-state index in [-0.39, 0.29) is 23.6 Å². The maximum absolute atomic E-state index is 12.2. The molecule has 1 atom stereocenters. The van der Waals surface area contributed by atoms with Gasteiger partial charge >= 0.3 is 6.09 Å². The Bertz CT molecular complexity index is 511. The number of pyridine rings is 1. The van der Waals surface area contributed by atoms with Crippen LogP contribution in [0.25, 0.3) is 0 Å². The number of nitrogens with two attached hydrogens (primary N) is 1. The van der Waals surface area contributed by atoms with Gasteiger partial charge in [0.15, 0.2) is 0 Å². The van der Waals surface area contributed by atoms with Crippen molar-refractivity contribution >= 4 is 12.0 Å². The van der Waals surface area contributed by atoms with Gasteiger partial charge in [0.25, 0.3) is 5.91 Å². The van der Waals surface area contributed by atoms with Gasteiger partial charge in [0, 0.05) is 12.3 Å². The number of carbonyl (C=O) groups is 2. The molecule has 0 bridgehead atoms. The normalized spacial score (nSPS) is 12.4. The standard InChI is InChI=1S/C14H21N3O4/c1-14(2,3)11(8-21-13(15)19)17-12(18)10-7-9(20-4)5-6-16-10/h5-7,11H,8H2,1-4H3,(H2,15,19)(H,17,18). The Morgan fingerprint density at radius 3 is 2.62 bits per heavy atom. The summed E-state index contributed by atoms with van der Waals surface area (Å²) < 4.78 is 9.84. The van der Waals surface area contributed by atoms with Crippen LogP contribution in [0.15, 0.2) is 18.3 Å². The topological polar surface area (TPSA) is 104 Å². The average molecular weight is 295 g/mol. The number of primary amides is 1. The minimum absolute atomic E-state index is 0.00541. The number of rotatable bonds is 5. The fourth-order valence-electron chi connectivity index (χ4n) is 1.57. The van der Waals surface area contributed by atoms with Crippen LogP contribution in [-0.2, 0) is 4.74 Å². The Kier molecular flexibility index (Phi) is 5.52. The molecular weight excluding hydrogens is 274 g/mol. The van der Waals surface area contributed by atoms with Crippen molar-refractivity contribution in [1.29, 1.82) is 0 Å². The molecule has 1 rings (SSSR count). The van der Waals surface area contributed by atoms with Crippen molar-refractivity contribution in [2.24, 2.45) is 11.1 Å². The zero-order chi connectivity index (χ0) is 16.0. The van der Waals surface area contributed by atoms with Crippen molar-refractivity contribution in [2.45, 2.75) is 26.8 Å². The summed E-state index contributed by atoms with van der Waals surface area (Å²) in [5.74, 6) is 0.165. The lowest BCUT2D eigenvalue weighted by Crippen LogP contribution is -2.47. The number of aromatic nitrogens is 1. The first-order chi connectivity index (χ1) is 9.74. The lowest BCUT2D eigenvalue weighted by atomic mass is 9.87. The van der Waals surface area contributed by atoms with Crippen molar-refractivity contribution in [2.75, 3.05) is 13.7 Å². The highest BCUT2D eigenvalue weighted by Crippen LogP contribution is 2.20. The summed E-state index contributed by atoms with van der Waals surface area (Å²) in [7, 11) is 1.51. The molecule has 0 aliphatic rings. The number of hydrogen-bond donors (Lipinski definition) is 2. The molecule has 0 aliphatic carbocycles. The van der Waals surface area contributed by atoms with Gasteiger partial charge in [-0.3, -0.25) is 9.78 Å². The second kappa shape index (κ2) is 6.92. The number of methoxy groups -OCH3 is 1. The minimum atomic E-state index is -0.877. The van der Waals surface area contributed by atoms with Gasteiger partial charge in [0.1, 0.15) is 18.1 Å². The predicted molar refractivity (Wildman–Crippen MR) is 77.0 cm³/mol. The zero-order valence-electron chi connectivity index (χ0n) is 12.7. The number of nitrogens with zero attached hydrogens (tertiary/aromatic N) is 1. The fourth-order valence-corrected chi connectivity index (χ4v) is 1.57. The molecule has 0 saturated carbocycles. The van der Waals surface area contributed by atoms with E-state index in [1.54, 1.807) is 6.07 Å². The van der Waals surface area contributed by atoms with E-state index in [0.717, 1.165) is 0 Å². The summed E-state index contributed by atoms with van der Waals surface area (Å²) in [6.45, 7) is 5.75. The Balaban J connectivity index is 2.81. The van der Waals surface area contributed by atoms with Crippen LogP contribution in [0.1, 0.15) is 31.3 Å². The molecule has 0 aromatic carbocycles. The molecule has 7 heteroatoms. The summed E-state index contributed by atoms with van der Waals surface area (Å²) in [5, 5.41) is 2.79. The van der Waals surface area contributed by atoms with Crippen LogP contribution in [0.3, 0.4) is 0 Å². The fraction of sp³-hybridized carbons (Fsp3) is 0.500. The lowest BCUT2D eigenvalue weighted by molar-refractivity contribution is 0.0799. The largest absolute Gasteiger partial charge is 0.497 e.